The quantitative estimate of drug-likeness (QED) is 0.518. The Hall–Kier alpha value is -1.72. The number of hydrogen-bond donors (Lipinski definition) is 0. The Kier molecular flexibility index (Phi) is 7.40. The zero-order valence-electron chi connectivity index (χ0n) is 13.9. The molecule has 0 N–H and O–H groups in total. The number of ether oxygens (including phenoxy) is 1. The fourth-order valence-corrected chi connectivity index (χ4v) is 3.12. The lowest BCUT2D eigenvalue weighted by Crippen LogP contribution is -2.26. The molecule has 1 heterocycles. The molecule has 0 aliphatic heterocycles. The summed E-state index contributed by atoms with van der Waals surface area (Å²) >= 11 is 7.44. The minimum Gasteiger partial charge on any atom is -0.496 e. The van der Waals surface area contributed by atoms with E-state index in [2.05, 4.69) is 4.98 Å². The summed E-state index contributed by atoms with van der Waals surface area (Å²) in [6, 6.07) is 11.5. The second kappa shape index (κ2) is 9.55. The molecule has 1 amide bonds. The van der Waals surface area contributed by atoms with E-state index in [-0.39, 0.29) is 5.91 Å². The van der Waals surface area contributed by atoms with Gasteiger partial charge in [-0.05, 0) is 30.4 Å². The number of hydrogen-bond acceptors (Lipinski definition) is 4. The van der Waals surface area contributed by atoms with E-state index in [9.17, 15) is 4.79 Å². The first-order chi connectivity index (χ1) is 11.6. The van der Waals surface area contributed by atoms with E-state index in [1.807, 2.05) is 43.4 Å². The molecule has 1 aromatic carbocycles. The van der Waals surface area contributed by atoms with Crippen LogP contribution in [0.1, 0.15) is 18.4 Å². The molecule has 2 aromatic rings. The lowest BCUT2D eigenvalue weighted by Gasteiger charge is -2.18. The maximum atomic E-state index is 12.2. The van der Waals surface area contributed by atoms with Gasteiger partial charge in [0.25, 0.3) is 0 Å². The predicted molar refractivity (Wildman–Crippen MR) is 98.7 cm³/mol. The number of carbonyl (C=O) groups excluding carboxylic acids is 1. The van der Waals surface area contributed by atoms with Crippen LogP contribution in [0.15, 0.2) is 47.6 Å². The Morgan fingerprint density at radius 3 is 2.79 bits per heavy atom. The molecule has 0 spiro atoms. The van der Waals surface area contributed by atoms with Crippen LogP contribution in [0.25, 0.3) is 0 Å². The molecule has 6 heteroatoms. The van der Waals surface area contributed by atoms with E-state index in [0.29, 0.717) is 18.0 Å². The molecular formula is C18H21ClN2O2S. The van der Waals surface area contributed by atoms with Crippen molar-refractivity contribution in [3.8, 4) is 5.75 Å². The number of benzene rings is 1. The van der Waals surface area contributed by atoms with Crippen LogP contribution in [-0.4, -0.2) is 35.7 Å². The van der Waals surface area contributed by atoms with Gasteiger partial charge in [-0.3, -0.25) is 4.79 Å². The zero-order chi connectivity index (χ0) is 17.4. The van der Waals surface area contributed by atoms with Crippen molar-refractivity contribution in [3.63, 3.8) is 0 Å². The van der Waals surface area contributed by atoms with Crippen molar-refractivity contribution in [3.05, 3.63) is 53.2 Å². The highest BCUT2D eigenvalue weighted by atomic mass is 35.5. The molecule has 2 rings (SSSR count). The second-order valence-corrected chi connectivity index (χ2v) is 6.88. The Bertz CT molecular complexity index is 664. The summed E-state index contributed by atoms with van der Waals surface area (Å²) in [4.78, 5) is 18.2. The molecule has 0 unspecified atom stereocenters. The van der Waals surface area contributed by atoms with Crippen LogP contribution in [0, 0.1) is 0 Å². The molecule has 0 fully saturated rings. The standard InChI is InChI=1S/C18H21ClN2O2S/c1-21(13-14-6-3-4-7-16(14)23-2)18(22)8-5-11-24-17-10-9-15(19)12-20-17/h3-4,6-7,9-10,12H,5,8,11,13H2,1-2H3. The zero-order valence-corrected chi connectivity index (χ0v) is 15.4. The number of para-hydroxylation sites is 1. The molecule has 0 radical (unpaired) electrons. The summed E-state index contributed by atoms with van der Waals surface area (Å²) in [7, 11) is 3.46. The number of rotatable bonds is 8. The minimum atomic E-state index is 0.130. The van der Waals surface area contributed by atoms with Gasteiger partial charge in [0.1, 0.15) is 5.75 Å². The fraction of sp³-hybridized carbons (Fsp3) is 0.333. The molecule has 4 nitrogen and oxygen atoms in total. The smallest absolute Gasteiger partial charge is 0.222 e. The molecule has 0 bridgehead atoms. The topological polar surface area (TPSA) is 42.4 Å². The van der Waals surface area contributed by atoms with Crippen molar-refractivity contribution in [1.29, 1.82) is 0 Å². The molecule has 0 saturated heterocycles. The molecule has 0 saturated carbocycles. The fourth-order valence-electron chi connectivity index (χ4n) is 2.22. The van der Waals surface area contributed by atoms with E-state index in [0.717, 1.165) is 28.5 Å². The van der Waals surface area contributed by atoms with Crippen LogP contribution < -0.4 is 4.74 Å². The monoisotopic (exact) mass is 364 g/mol. The highest BCUT2D eigenvalue weighted by Gasteiger charge is 2.11. The highest BCUT2D eigenvalue weighted by Crippen LogP contribution is 2.20. The Morgan fingerprint density at radius 2 is 2.08 bits per heavy atom. The van der Waals surface area contributed by atoms with Gasteiger partial charge in [-0.2, -0.15) is 0 Å². The SMILES string of the molecule is COc1ccccc1CN(C)C(=O)CCCSc1ccc(Cl)cn1. The second-order valence-electron chi connectivity index (χ2n) is 5.33. The van der Waals surface area contributed by atoms with Gasteiger partial charge in [-0.15, -0.1) is 11.8 Å². The van der Waals surface area contributed by atoms with Crippen LogP contribution in [0.4, 0.5) is 0 Å². The van der Waals surface area contributed by atoms with Crippen molar-refractivity contribution in [2.24, 2.45) is 0 Å². The van der Waals surface area contributed by atoms with Crippen LogP contribution in [-0.2, 0) is 11.3 Å². The number of thioether (sulfide) groups is 1. The number of amides is 1. The third-order valence-electron chi connectivity index (χ3n) is 3.51. The van der Waals surface area contributed by atoms with Gasteiger partial charge in [0.05, 0.1) is 17.2 Å². The molecule has 24 heavy (non-hydrogen) atoms. The van der Waals surface area contributed by atoms with Gasteiger partial charge in [0.2, 0.25) is 5.91 Å². The van der Waals surface area contributed by atoms with Gasteiger partial charge in [0, 0.05) is 31.8 Å². The molecule has 0 aliphatic carbocycles. The number of pyridine rings is 1. The Balaban J connectivity index is 1.74. The predicted octanol–water partition coefficient (Wildman–Crippen LogP) is 4.27. The van der Waals surface area contributed by atoms with E-state index in [1.165, 1.54) is 0 Å². The average molecular weight is 365 g/mol. The van der Waals surface area contributed by atoms with Gasteiger partial charge in [-0.1, -0.05) is 29.8 Å². The molecule has 128 valence electrons. The minimum absolute atomic E-state index is 0.130. The summed E-state index contributed by atoms with van der Waals surface area (Å²) < 4.78 is 5.32. The van der Waals surface area contributed by atoms with Crippen LogP contribution in [0.2, 0.25) is 5.02 Å². The highest BCUT2D eigenvalue weighted by molar-refractivity contribution is 7.99. The van der Waals surface area contributed by atoms with E-state index < -0.39 is 0 Å². The maximum Gasteiger partial charge on any atom is 0.222 e. The Labute approximate surface area is 152 Å². The van der Waals surface area contributed by atoms with E-state index in [1.54, 1.807) is 30.0 Å². The number of methoxy groups -OCH3 is 1. The third kappa shape index (κ3) is 5.73. The van der Waals surface area contributed by atoms with Crippen molar-refractivity contribution >= 4 is 29.3 Å². The van der Waals surface area contributed by atoms with E-state index in [4.69, 9.17) is 16.3 Å². The normalized spacial score (nSPS) is 10.5. The Morgan fingerprint density at radius 1 is 1.29 bits per heavy atom. The summed E-state index contributed by atoms with van der Waals surface area (Å²) in [5, 5.41) is 1.56. The van der Waals surface area contributed by atoms with Crippen molar-refractivity contribution in [2.75, 3.05) is 19.9 Å². The molecular weight excluding hydrogens is 344 g/mol. The molecule has 0 aliphatic rings. The van der Waals surface area contributed by atoms with Crippen LogP contribution in [0.5, 0.6) is 5.75 Å². The lowest BCUT2D eigenvalue weighted by molar-refractivity contribution is -0.130. The maximum absolute atomic E-state index is 12.2. The van der Waals surface area contributed by atoms with Gasteiger partial charge in [-0.25, -0.2) is 4.98 Å². The summed E-state index contributed by atoms with van der Waals surface area (Å²) in [6.07, 6.45) is 2.96. The first-order valence-corrected chi connectivity index (χ1v) is 9.06. The van der Waals surface area contributed by atoms with Crippen LogP contribution >= 0.6 is 23.4 Å². The van der Waals surface area contributed by atoms with Gasteiger partial charge >= 0.3 is 0 Å². The average Bonchev–Trinajstić information content (AvgIpc) is 2.60. The van der Waals surface area contributed by atoms with Gasteiger partial charge in [0.15, 0.2) is 0 Å². The van der Waals surface area contributed by atoms with Crippen molar-refractivity contribution < 1.29 is 9.53 Å². The van der Waals surface area contributed by atoms with Crippen molar-refractivity contribution in [1.82, 2.24) is 9.88 Å². The van der Waals surface area contributed by atoms with Crippen LogP contribution in [0.3, 0.4) is 0 Å². The summed E-state index contributed by atoms with van der Waals surface area (Å²) in [6.45, 7) is 0.550. The summed E-state index contributed by atoms with van der Waals surface area (Å²) in [5.74, 6) is 1.79. The number of nitrogens with zero attached hydrogens (tertiary/aromatic N) is 2. The van der Waals surface area contributed by atoms with E-state index >= 15 is 0 Å². The lowest BCUT2D eigenvalue weighted by atomic mass is 10.2. The van der Waals surface area contributed by atoms with Gasteiger partial charge < -0.3 is 9.64 Å². The first kappa shape index (κ1) is 18.6. The summed E-state index contributed by atoms with van der Waals surface area (Å²) in [5.41, 5.74) is 1.01. The number of aromatic nitrogens is 1. The molecule has 0 atom stereocenters. The number of carbonyl (C=O) groups is 1. The first-order valence-electron chi connectivity index (χ1n) is 7.70. The van der Waals surface area contributed by atoms with Crippen molar-refractivity contribution in [2.45, 2.75) is 24.4 Å². The number of halogens is 1. The molecule has 1 aromatic heterocycles. The largest absolute Gasteiger partial charge is 0.496 e. The third-order valence-corrected chi connectivity index (χ3v) is 4.76.